The Morgan fingerprint density at radius 3 is 2.22 bits per heavy atom. The minimum atomic E-state index is -0.283. The molecule has 0 fully saturated rings. The lowest BCUT2D eigenvalue weighted by Gasteiger charge is -2.08. The largest absolute Gasteiger partial charge is 0.399 e. The van der Waals surface area contributed by atoms with E-state index in [1.54, 1.807) is 18.2 Å². The average molecular weight is 323 g/mol. The highest BCUT2D eigenvalue weighted by Gasteiger charge is 2.11. The van der Waals surface area contributed by atoms with E-state index in [4.69, 9.17) is 17.3 Å². The van der Waals surface area contributed by atoms with Crippen LogP contribution in [-0.2, 0) is 0 Å². The lowest BCUT2D eigenvalue weighted by Crippen LogP contribution is -2.12. The molecule has 0 aliphatic heterocycles. The van der Waals surface area contributed by atoms with Crippen LogP contribution in [0.3, 0.4) is 0 Å². The molecule has 0 atom stereocenters. The molecule has 0 bridgehead atoms. The van der Waals surface area contributed by atoms with E-state index in [-0.39, 0.29) is 5.91 Å². The van der Waals surface area contributed by atoms with Crippen LogP contribution in [0.4, 0.5) is 11.4 Å². The van der Waals surface area contributed by atoms with Gasteiger partial charge < -0.3 is 11.1 Å². The van der Waals surface area contributed by atoms with Crippen molar-refractivity contribution in [3.05, 3.63) is 83.4 Å². The molecule has 0 saturated heterocycles. The van der Waals surface area contributed by atoms with Crippen molar-refractivity contribution in [2.75, 3.05) is 11.1 Å². The fraction of sp³-hybridized carbons (Fsp3) is 0. The van der Waals surface area contributed by atoms with E-state index in [9.17, 15) is 4.79 Å². The fourth-order valence-electron chi connectivity index (χ4n) is 2.29. The maximum absolute atomic E-state index is 12.3. The highest BCUT2D eigenvalue weighted by Crippen LogP contribution is 2.23. The highest BCUT2D eigenvalue weighted by molar-refractivity contribution is 6.34. The lowest BCUT2D eigenvalue weighted by molar-refractivity contribution is 0.102. The van der Waals surface area contributed by atoms with Crippen molar-refractivity contribution >= 4 is 28.9 Å². The van der Waals surface area contributed by atoms with Crippen molar-refractivity contribution in [1.29, 1.82) is 0 Å². The number of nitrogen functional groups attached to an aromatic ring is 1. The van der Waals surface area contributed by atoms with Gasteiger partial charge in [0, 0.05) is 11.4 Å². The number of hydrogen-bond acceptors (Lipinski definition) is 2. The standard InChI is InChI=1S/C19H15ClN2O/c20-18-11-8-15(21)12-17(18)19(23)22-16-9-6-14(7-10-16)13-4-2-1-3-5-13/h1-12H,21H2,(H,22,23). The fourth-order valence-corrected chi connectivity index (χ4v) is 2.50. The van der Waals surface area contributed by atoms with Crippen molar-refractivity contribution in [3.8, 4) is 11.1 Å². The molecule has 3 rings (SSSR count). The second-order valence-corrected chi connectivity index (χ2v) is 5.54. The number of hydrogen-bond donors (Lipinski definition) is 2. The minimum Gasteiger partial charge on any atom is -0.399 e. The summed E-state index contributed by atoms with van der Waals surface area (Å²) in [7, 11) is 0. The van der Waals surface area contributed by atoms with Crippen LogP contribution in [0.15, 0.2) is 72.8 Å². The Bertz CT molecular complexity index is 830. The summed E-state index contributed by atoms with van der Waals surface area (Å²) in [5, 5.41) is 3.20. The van der Waals surface area contributed by atoms with Gasteiger partial charge in [-0.05, 0) is 41.5 Å². The minimum absolute atomic E-state index is 0.283. The number of anilines is 2. The Hall–Kier alpha value is -2.78. The molecule has 3 aromatic rings. The molecule has 0 heterocycles. The molecule has 23 heavy (non-hydrogen) atoms. The van der Waals surface area contributed by atoms with Crippen LogP contribution >= 0.6 is 11.6 Å². The van der Waals surface area contributed by atoms with E-state index < -0.39 is 0 Å². The van der Waals surface area contributed by atoms with Gasteiger partial charge in [0.15, 0.2) is 0 Å². The third-order valence-corrected chi connectivity index (χ3v) is 3.81. The van der Waals surface area contributed by atoms with Crippen molar-refractivity contribution < 1.29 is 4.79 Å². The third-order valence-electron chi connectivity index (χ3n) is 3.48. The maximum atomic E-state index is 12.3. The summed E-state index contributed by atoms with van der Waals surface area (Å²) < 4.78 is 0. The molecule has 0 aliphatic rings. The number of carbonyl (C=O) groups excluding carboxylic acids is 1. The number of rotatable bonds is 3. The van der Waals surface area contributed by atoms with E-state index in [0.717, 1.165) is 11.1 Å². The second kappa shape index (κ2) is 6.55. The smallest absolute Gasteiger partial charge is 0.257 e. The topological polar surface area (TPSA) is 55.1 Å². The number of halogens is 1. The zero-order chi connectivity index (χ0) is 16.2. The maximum Gasteiger partial charge on any atom is 0.257 e. The highest BCUT2D eigenvalue weighted by atomic mass is 35.5. The Balaban J connectivity index is 1.78. The summed E-state index contributed by atoms with van der Waals surface area (Å²) in [4.78, 5) is 12.3. The van der Waals surface area contributed by atoms with Gasteiger partial charge >= 0.3 is 0 Å². The number of nitrogens with two attached hydrogens (primary N) is 1. The van der Waals surface area contributed by atoms with Crippen LogP contribution in [-0.4, -0.2) is 5.91 Å². The molecule has 3 aromatic carbocycles. The SMILES string of the molecule is Nc1ccc(Cl)c(C(=O)Nc2ccc(-c3ccccc3)cc2)c1. The van der Waals surface area contributed by atoms with Gasteiger partial charge in [0.05, 0.1) is 10.6 Å². The third kappa shape index (κ3) is 3.52. The van der Waals surface area contributed by atoms with Gasteiger partial charge in [-0.1, -0.05) is 54.1 Å². The summed E-state index contributed by atoms with van der Waals surface area (Å²) in [6, 6.07) is 22.5. The Labute approximate surface area is 139 Å². The molecule has 1 amide bonds. The predicted octanol–water partition coefficient (Wildman–Crippen LogP) is 4.84. The number of benzene rings is 3. The summed E-state index contributed by atoms with van der Waals surface area (Å²) >= 11 is 6.05. The average Bonchev–Trinajstić information content (AvgIpc) is 2.58. The molecule has 114 valence electrons. The van der Waals surface area contributed by atoms with Crippen molar-refractivity contribution in [1.82, 2.24) is 0 Å². The van der Waals surface area contributed by atoms with Gasteiger partial charge in [-0.3, -0.25) is 4.79 Å². The van der Waals surface area contributed by atoms with Crippen molar-refractivity contribution in [2.45, 2.75) is 0 Å². The first-order valence-corrected chi connectivity index (χ1v) is 7.53. The van der Waals surface area contributed by atoms with Crippen molar-refractivity contribution in [2.24, 2.45) is 0 Å². The molecule has 4 heteroatoms. The molecule has 0 unspecified atom stereocenters. The van der Waals surface area contributed by atoms with E-state index in [1.165, 1.54) is 0 Å². The quantitative estimate of drug-likeness (QED) is 0.678. The van der Waals surface area contributed by atoms with Gasteiger partial charge in [0.1, 0.15) is 0 Å². The molecule has 3 N–H and O–H groups in total. The van der Waals surface area contributed by atoms with Crippen LogP contribution in [0.5, 0.6) is 0 Å². The summed E-state index contributed by atoms with van der Waals surface area (Å²) in [5.74, 6) is -0.283. The zero-order valence-corrected chi connectivity index (χ0v) is 13.0. The number of carbonyl (C=O) groups is 1. The van der Waals surface area contributed by atoms with E-state index >= 15 is 0 Å². The first kappa shape index (κ1) is 15.1. The molecule has 3 nitrogen and oxygen atoms in total. The number of amides is 1. The van der Waals surface area contributed by atoms with Crippen LogP contribution < -0.4 is 11.1 Å². The first-order valence-electron chi connectivity index (χ1n) is 7.15. The summed E-state index contributed by atoms with van der Waals surface area (Å²) in [6.07, 6.45) is 0. The van der Waals surface area contributed by atoms with Crippen LogP contribution in [0, 0.1) is 0 Å². The van der Waals surface area contributed by atoms with Crippen LogP contribution in [0.25, 0.3) is 11.1 Å². The summed E-state index contributed by atoms with van der Waals surface area (Å²) in [5.41, 5.74) is 9.48. The molecular weight excluding hydrogens is 308 g/mol. The van der Waals surface area contributed by atoms with Gasteiger partial charge in [-0.25, -0.2) is 0 Å². The zero-order valence-electron chi connectivity index (χ0n) is 12.3. The Morgan fingerprint density at radius 2 is 1.52 bits per heavy atom. The molecule has 0 saturated carbocycles. The molecule has 0 aliphatic carbocycles. The monoisotopic (exact) mass is 322 g/mol. The number of nitrogens with one attached hydrogen (secondary N) is 1. The molecule has 0 radical (unpaired) electrons. The van der Waals surface area contributed by atoms with Gasteiger partial charge in [0.25, 0.3) is 5.91 Å². The Morgan fingerprint density at radius 1 is 0.870 bits per heavy atom. The van der Waals surface area contributed by atoms with Gasteiger partial charge in [0.2, 0.25) is 0 Å². The Kier molecular flexibility index (Phi) is 4.31. The van der Waals surface area contributed by atoms with Crippen molar-refractivity contribution in [3.63, 3.8) is 0 Å². The molecular formula is C19H15ClN2O. The molecule has 0 spiro atoms. The van der Waals surface area contributed by atoms with Crippen LogP contribution in [0.1, 0.15) is 10.4 Å². The van der Waals surface area contributed by atoms with Gasteiger partial charge in [-0.2, -0.15) is 0 Å². The van der Waals surface area contributed by atoms with E-state index in [2.05, 4.69) is 5.32 Å². The first-order chi connectivity index (χ1) is 11.1. The van der Waals surface area contributed by atoms with Crippen LogP contribution in [0.2, 0.25) is 5.02 Å². The molecule has 0 aromatic heterocycles. The van der Waals surface area contributed by atoms with E-state index in [0.29, 0.717) is 22.0 Å². The lowest BCUT2D eigenvalue weighted by atomic mass is 10.1. The summed E-state index contributed by atoms with van der Waals surface area (Å²) in [6.45, 7) is 0. The predicted molar refractivity (Wildman–Crippen MR) is 95.7 cm³/mol. The van der Waals surface area contributed by atoms with E-state index in [1.807, 2.05) is 54.6 Å². The normalized spacial score (nSPS) is 10.3. The van der Waals surface area contributed by atoms with Gasteiger partial charge in [-0.15, -0.1) is 0 Å². The second-order valence-electron chi connectivity index (χ2n) is 5.14.